The van der Waals surface area contributed by atoms with Crippen molar-refractivity contribution in [2.75, 3.05) is 22.3 Å². The van der Waals surface area contributed by atoms with Crippen LogP contribution < -0.4 is 14.5 Å². The Morgan fingerprint density at radius 2 is 2.04 bits per heavy atom. The summed E-state index contributed by atoms with van der Waals surface area (Å²) in [5, 5.41) is 3.52. The van der Waals surface area contributed by atoms with Crippen LogP contribution in [-0.4, -0.2) is 24.1 Å². The van der Waals surface area contributed by atoms with Gasteiger partial charge in [-0.05, 0) is 36.6 Å². The molecular formula is C17H18Cl2N4OS. The van der Waals surface area contributed by atoms with Crippen LogP contribution in [0.4, 0.5) is 16.2 Å². The summed E-state index contributed by atoms with van der Waals surface area (Å²) < 4.78 is 1.16. The maximum absolute atomic E-state index is 12.4. The van der Waals surface area contributed by atoms with Gasteiger partial charge in [-0.25, -0.2) is 9.10 Å². The van der Waals surface area contributed by atoms with Crippen LogP contribution in [0, 0.1) is 0 Å². The smallest absolute Gasteiger partial charge is 0.332 e. The highest BCUT2D eigenvalue weighted by Crippen LogP contribution is 2.33. The second-order valence-electron chi connectivity index (χ2n) is 5.74. The molecule has 3 rings (SSSR count). The monoisotopic (exact) mass is 396 g/mol. The van der Waals surface area contributed by atoms with E-state index in [2.05, 4.69) is 28.0 Å². The Kier molecular flexibility index (Phi) is 5.93. The number of pyridine rings is 1. The quantitative estimate of drug-likeness (QED) is 0.745. The second kappa shape index (κ2) is 8.17. The highest BCUT2D eigenvalue weighted by atomic mass is 35.5. The summed E-state index contributed by atoms with van der Waals surface area (Å²) in [6.07, 6.45) is 5.93. The number of benzene rings is 1. The molecule has 8 heteroatoms. The van der Waals surface area contributed by atoms with E-state index in [1.54, 1.807) is 24.4 Å². The van der Waals surface area contributed by atoms with Gasteiger partial charge in [-0.1, -0.05) is 42.1 Å². The number of carbonyl (C=O) groups is 1. The number of urea groups is 1. The van der Waals surface area contributed by atoms with Crippen molar-refractivity contribution in [3.05, 3.63) is 52.3 Å². The molecular weight excluding hydrogens is 379 g/mol. The van der Waals surface area contributed by atoms with Gasteiger partial charge in [-0.2, -0.15) is 0 Å². The number of halogens is 2. The zero-order valence-corrected chi connectivity index (χ0v) is 15.9. The third-order valence-electron chi connectivity index (χ3n) is 4.12. The van der Waals surface area contributed by atoms with Crippen LogP contribution in [0.5, 0.6) is 0 Å². The number of aromatic nitrogens is 1. The summed E-state index contributed by atoms with van der Waals surface area (Å²) in [6.45, 7) is 2.41. The van der Waals surface area contributed by atoms with Gasteiger partial charge in [0.15, 0.2) is 0 Å². The third-order valence-corrected chi connectivity index (χ3v) is 5.32. The van der Waals surface area contributed by atoms with Crippen LogP contribution in [0.15, 0.2) is 36.7 Å². The van der Waals surface area contributed by atoms with Crippen molar-refractivity contribution in [2.45, 2.75) is 19.4 Å². The van der Waals surface area contributed by atoms with Crippen LogP contribution in [-0.2, 0) is 6.54 Å². The summed E-state index contributed by atoms with van der Waals surface area (Å²) >= 11 is 16.4. The Labute approximate surface area is 162 Å². The van der Waals surface area contributed by atoms with Crippen molar-refractivity contribution in [3.8, 4) is 0 Å². The molecule has 2 amide bonds. The topological polar surface area (TPSA) is 48.5 Å². The Morgan fingerprint density at radius 3 is 2.80 bits per heavy atom. The van der Waals surface area contributed by atoms with Gasteiger partial charge in [0.1, 0.15) is 0 Å². The van der Waals surface area contributed by atoms with Gasteiger partial charge >= 0.3 is 6.03 Å². The lowest BCUT2D eigenvalue weighted by Crippen LogP contribution is -2.34. The van der Waals surface area contributed by atoms with E-state index in [-0.39, 0.29) is 11.1 Å². The molecule has 1 fully saturated rings. The average molecular weight is 397 g/mol. The SMILES string of the molecule is O=C(NCc1ccncc1N1CCCC1)N(S)c1cccc(Cl)c1Cl. The second-order valence-corrected chi connectivity index (χ2v) is 6.93. The molecule has 1 aliphatic rings. The van der Waals surface area contributed by atoms with Gasteiger partial charge in [0.05, 0.1) is 27.6 Å². The number of rotatable bonds is 4. The molecule has 1 N–H and O–H groups in total. The molecule has 2 aromatic rings. The Morgan fingerprint density at radius 1 is 1.28 bits per heavy atom. The van der Waals surface area contributed by atoms with Gasteiger partial charge in [0.25, 0.3) is 0 Å². The molecule has 0 saturated carbocycles. The summed E-state index contributed by atoms with van der Waals surface area (Å²) in [7, 11) is 0. The molecule has 132 valence electrons. The molecule has 0 aliphatic carbocycles. The largest absolute Gasteiger partial charge is 0.370 e. The van der Waals surface area contributed by atoms with Crippen molar-refractivity contribution in [3.63, 3.8) is 0 Å². The van der Waals surface area contributed by atoms with Crippen molar-refractivity contribution >= 4 is 53.4 Å². The Bertz CT molecular complexity index is 768. The molecule has 0 unspecified atom stereocenters. The predicted octanol–water partition coefficient (Wildman–Crippen LogP) is 4.55. The zero-order chi connectivity index (χ0) is 17.8. The number of thiol groups is 1. The first kappa shape index (κ1) is 18.2. The lowest BCUT2D eigenvalue weighted by Gasteiger charge is -2.22. The van der Waals surface area contributed by atoms with Gasteiger partial charge in [-0.15, -0.1) is 0 Å². The minimum Gasteiger partial charge on any atom is -0.370 e. The molecule has 0 spiro atoms. The van der Waals surface area contributed by atoms with E-state index in [1.165, 1.54) is 12.8 Å². The van der Waals surface area contributed by atoms with E-state index in [0.29, 0.717) is 17.3 Å². The van der Waals surface area contributed by atoms with Gasteiger partial charge in [0.2, 0.25) is 0 Å². The average Bonchev–Trinajstić information content (AvgIpc) is 3.16. The maximum atomic E-state index is 12.4. The Hall–Kier alpha value is -1.63. The van der Waals surface area contributed by atoms with Crippen LogP contribution in [0.1, 0.15) is 18.4 Å². The number of nitrogens with zero attached hydrogens (tertiary/aromatic N) is 3. The number of hydrogen-bond acceptors (Lipinski definition) is 4. The van der Waals surface area contributed by atoms with Crippen LogP contribution in [0.3, 0.4) is 0 Å². The van der Waals surface area contributed by atoms with Crippen LogP contribution in [0.2, 0.25) is 10.0 Å². The predicted molar refractivity (Wildman–Crippen MR) is 106 cm³/mol. The molecule has 25 heavy (non-hydrogen) atoms. The van der Waals surface area contributed by atoms with Gasteiger partial charge < -0.3 is 10.2 Å². The summed E-state index contributed by atoms with van der Waals surface area (Å²) in [5.41, 5.74) is 2.51. The van der Waals surface area contributed by atoms with Crippen molar-refractivity contribution in [2.24, 2.45) is 0 Å². The summed E-state index contributed by atoms with van der Waals surface area (Å²) in [4.78, 5) is 18.9. The van der Waals surface area contributed by atoms with Crippen molar-refractivity contribution < 1.29 is 4.79 Å². The molecule has 1 saturated heterocycles. The Balaban J connectivity index is 1.69. The lowest BCUT2D eigenvalue weighted by molar-refractivity contribution is 0.249. The minimum absolute atomic E-state index is 0.288. The molecule has 0 radical (unpaired) electrons. The summed E-state index contributed by atoms with van der Waals surface area (Å²) in [5.74, 6) is 0. The molecule has 2 heterocycles. The first-order valence-corrected chi connectivity index (χ1v) is 9.12. The summed E-state index contributed by atoms with van der Waals surface area (Å²) in [6, 6.07) is 6.60. The number of amides is 2. The third kappa shape index (κ3) is 4.14. The number of carbonyl (C=O) groups excluding carboxylic acids is 1. The van der Waals surface area contributed by atoms with Crippen molar-refractivity contribution in [1.82, 2.24) is 10.3 Å². The van der Waals surface area contributed by atoms with E-state index in [9.17, 15) is 4.79 Å². The molecule has 1 aromatic carbocycles. The lowest BCUT2D eigenvalue weighted by atomic mass is 10.2. The first-order chi connectivity index (χ1) is 12.1. The fraction of sp³-hybridized carbons (Fsp3) is 0.294. The number of hydrogen-bond donors (Lipinski definition) is 2. The normalized spacial score (nSPS) is 13.8. The van der Waals surface area contributed by atoms with Crippen LogP contribution in [0.25, 0.3) is 0 Å². The van der Waals surface area contributed by atoms with Gasteiger partial charge in [-0.3, -0.25) is 4.98 Å². The first-order valence-electron chi connectivity index (χ1n) is 7.96. The van der Waals surface area contributed by atoms with E-state index in [0.717, 1.165) is 28.6 Å². The molecule has 0 atom stereocenters. The number of nitrogens with one attached hydrogen (secondary N) is 1. The minimum atomic E-state index is -0.378. The standard InChI is InChI=1S/C17H18Cl2N4OS/c18-13-4-3-5-14(16(13)19)23(25)17(24)21-10-12-6-7-20-11-15(12)22-8-1-2-9-22/h3-7,11,25H,1-2,8-10H2,(H,21,24). The molecule has 1 aliphatic heterocycles. The molecule has 1 aromatic heterocycles. The van der Waals surface area contributed by atoms with Gasteiger partial charge in [0, 0.05) is 25.8 Å². The fourth-order valence-corrected chi connectivity index (χ4v) is 3.49. The fourth-order valence-electron chi connectivity index (χ4n) is 2.82. The molecule has 5 nitrogen and oxygen atoms in total. The van der Waals surface area contributed by atoms with E-state index >= 15 is 0 Å². The van der Waals surface area contributed by atoms with Crippen LogP contribution >= 0.6 is 36.0 Å². The van der Waals surface area contributed by atoms with E-state index in [1.807, 2.05) is 12.3 Å². The molecule has 0 bridgehead atoms. The zero-order valence-electron chi connectivity index (χ0n) is 13.5. The highest BCUT2D eigenvalue weighted by Gasteiger charge is 2.19. The highest BCUT2D eigenvalue weighted by molar-refractivity contribution is 7.82. The number of anilines is 2. The van der Waals surface area contributed by atoms with E-state index in [4.69, 9.17) is 23.2 Å². The maximum Gasteiger partial charge on any atom is 0.332 e. The van der Waals surface area contributed by atoms with E-state index < -0.39 is 0 Å². The van der Waals surface area contributed by atoms with Crippen molar-refractivity contribution in [1.29, 1.82) is 0 Å².